The van der Waals surface area contributed by atoms with E-state index in [1.54, 1.807) is 28.5 Å². The Bertz CT molecular complexity index is 816. The topological polar surface area (TPSA) is 22.0 Å². The molecule has 2 aromatic rings. The van der Waals surface area contributed by atoms with E-state index in [1.807, 2.05) is 0 Å². The maximum Gasteiger partial charge on any atom is 0.251 e. The number of fused-ring (bicyclic) bond motifs is 1. The van der Waals surface area contributed by atoms with Crippen molar-refractivity contribution in [3.05, 3.63) is 51.8 Å². The minimum atomic E-state index is -0.848. The third-order valence-electron chi connectivity index (χ3n) is 4.66. The van der Waals surface area contributed by atoms with Gasteiger partial charge in [0.05, 0.1) is 5.03 Å². The number of halogens is 2. The number of rotatable bonds is 7. The molecule has 1 aromatic carbocycles. The van der Waals surface area contributed by atoms with Gasteiger partial charge in [-0.1, -0.05) is 38.7 Å². The van der Waals surface area contributed by atoms with E-state index in [2.05, 4.69) is 6.92 Å². The molecule has 0 saturated heterocycles. The molecule has 0 saturated carbocycles. The van der Waals surface area contributed by atoms with Crippen molar-refractivity contribution in [2.24, 2.45) is 0 Å². The zero-order valence-electron chi connectivity index (χ0n) is 14.5. The molecule has 1 aromatic heterocycles. The number of hydrogen-bond donors (Lipinski definition) is 0. The molecule has 1 aliphatic heterocycles. The highest BCUT2D eigenvalue weighted by Crippen LogP contribution is 2.37. The van der Waals surface area contributed by atoms with Crippen molar-refractivity contribution >= 4 is 11.8 Å². The molecule has 0 unspecified atom stereocenters. The second-order valence-electron chi connectivity index (χ2n) is 6.48. The number of thioether (sulfide) groups is 1. The molecule has 2 nitrogen and oxygen atoms in total. The predicted octanol–water partition coefficient (Wildman–Crippen LogP) is 5.41. The number of aromatic nitrogens is 1. The fourth-order valence-electron chi connectivity index (χ4n) is 3.34. The third-order valence-corrected chi connectivity index (χ3v) is 5.74. The van der Waals surface area contributed by atoms with Gasteiger partial charge < -0.3 is 4.57 Å². The fraction of sp³-hybridized carbons (Fsp3) is 0.450. The lowest BCUT2D eigenvalue weighted by molar-refractivity contribution is 0.509. The van der Waals surface area contributed by atoms with Gasteiger partial charge in [0.2, 0.25) is 0 Å². The zero-order chi connectivity index (χ0) is 17.8. The van der Waals surface area contributed by atoms with Gasteiger partial charge in [0.15, 0.2) is 11.6 Å². The summed E-state index contributed by atoms with van der Waals surface area (Å²) in [4.78, 5) is 12.4. The Balaban J connectivity index is 1.97. The van der Waals surface area contributed by atoms with Crippen LogP contribution in [0.2, 0.25) is 0 Å². The molecule has 0 spiro atoms. The van der Waals surface area contributed by atoms with Crippen LogP contribution >= 0.6 is 11.8 Å². The summed E-state index contributed by atoms with van der Waals surface area (Å²) in [7, 11) is 0. The van der Waals surface area contributed by atoms with Crippen molar-refractivity contribution in [3.63, 3.8) is 0 Å². The van der Waals surface area contributed by atoms with Crippen molar-refractivity contribution in [1.82, 2.24) is 4.57 Å². The smallest absolute Gasteiger partial charge is 0.251 e. The average molecular weight is 363 g/mol. The number of nitrogens with zero attached hydrogens (tertiary/aromatic N) is 1. The SMILES string of the molecule is CCCCCCCc1cc(=O)n2c(c1-c1ccc(F)c(F)c1)SCC2. The summed E-state index contributed by atoms with van der Waals surface area (Å²) in [5.74, 6) is -0.854. The lowest BCUT2D eigenvalue weighted by atomic mass is 9.97. The molecule has 1 aliphatic rings. The Labute approximate surface area is 151 Å². The highest BCUT2D eigenvalue weighted by molar-refractivity contribution is 7.99. The lowest BCUT2D eigenvalue weighted by Crippen LogP contribution is -2.20. The number of unbranched alkanes of at least 4 members (excludes halogenated alkanes) is 4. The van der Waals surface area contributed by atoms with Gasteiger partial charge in [-0.15, -0.1) is 11.8 Å². The van der Waals surface area contributed by atoms with Crippen LogP contribution in [0, 0.1) is 11.6 Å². The maximum absolute atomic E-state index is 13.8. The molecule has 5 heteroatoms. The first-order valence-electron chi connectivity index (χ1n) is 8.96. The first kappa shape index (κ1) is 18.2. The summed E-state index contributed by atoms with van der Waals surface area (Å²) >= 11 is 1.62. The van der Waals surface area contributed by atoms with Crippen LogP contribution in [0.4, 0.5) is 8.78 Å². The Morgan fingerprint density at radius 3 is 2.64 bits per heavy atom. The molecule has 0 fully saturated rings. The molecule has 0 N–H and O–H groups in total. The molecule has 134 valence electrons. The highest BCUT2D eigenvalue weighted by atomic mass is 32.2. The van der Waals surface area contributed by atoms with Crippen molar-refractivity contribution in [3.8, 4) is 11.1 Å². The summed E-state index contributed by atoms with van der Waals surface area (Å²) in [6, 6.07) is 5.71. The summed E-state index contributed by atoms with van der Waals surface area (Å²) in [5, 5.41) is 0.891. The maximum atomic E-state index is 13.8. The molecule has 3 rings (SSSR count). The predicted molar refractivity (Wildman–Crippen MR) is 99.2 cm³/mol. The van der Waals surface area contributed by atoms with Crippen LogP contribution in [-0.4, -0.2) is 10.3 Å². The van der Waals surface area contributed by atoms with E-state index < -0.39 is 11.6 Å². The van der Waals surface area contributed by atoms with Crippen LogP contribution in [0.5, 0.6) is 0 Å². The molecule has 0 atom stereocenters. The number of hydrogen-bond acceptors (Lipinski definition) is 2. The summed E-state index contributed by atoms with van der Waals surface area (Å²) < 4.78 is 28.9. The van der Waals surface area contributed by atoms with E-state index in [-0.39, 0.29) is 5.56 Å². The molecule has 0 aliphatic carbocycles. The first-order valence-corrected chi connectivity index (χ1v) is 9.95. The number of pyridine rings is 1. The summed E-state index contributed by atoms with van der Waals surface area (Å²) in [5.41, 5.74) is 2.51. The van der Waals surface area contributed by atoms with Gasteiger partial charge in [-0.3, -0.25) is 4.79 Å². The van der Waals surface area contributed by atoms with E-state index >= 15 is 0 Å². The molecular weight excluding hydrogens is 340 g/mol. The van der Waals surface area contributed by atoms with Crippen molar-refractivity contribution in [2.45, 2.75) is 57.0 Å². The molecule has 25 heavy (non-hydrogen) atoms. The average Bonchev–Trinajstić information content (AvgIpc) is 3.08. The quantitative estimate of drug-likeness (QED) is 0.614. The second kappa shape index (κ2) is 8.17. The third kappa shape index (κ3) is 3.97. The lowest BCUT2D eigenvalue weighted by Gasteiger charge is -2.15. The number of aryl methyl sites for hydroxylation is 1. The second-order valence-corrected chi connectivity index (χ2v) is 7.56. The van der Waals surface area contributed by atoms with Crippen molar-refractivity contribution in [2.75, 3.05) is 5.75 Å². The van der Waals surface area contributed by atoms with Crippen LogP contribution in [-0.2, 0) is 13.0 Å². The Morgan fingerprint density at radius 2 is 1.88 bits per heavy atom. The zero-order valence-corrected chi connectivity index (χ0v) is 15.3. The summed E-state index contributed by atoms with van der Waals surface area (Å²) in [6.45, 7) is 2.85. The Kier molecular flexibility index (Phi) is 5.94. The fourth-order valence-corrected chi connectivity index (χ4v) is 4.54. The van der Waals surface area contributed by atoms with E-state index in [1.165, 1.54) is 25.3 Å². The molecule has 2 heterocycles. The van der Waals surface area contributed by atoms with Gasteiger partial charge in [0.25, 0.3) is 5.56 Å². The van der Waals surface area contributed by atoms with E-state index in [4.69, 9.17) is 0 Å². The normalized spacial score (nSPS) is 13.2. The van der Waals surface area contributed by atoms with Gasteiger partial charge >= 0.3 is 0 Å². The van der Waals surface area contributed by atoms with Crippen LogP contribution in [0.3, 0.4) is 0 Å². The van der Waals surface area contributed by atoms with Gasteiger partial charge in [-0.2, -0.15) is 0 Å². The standard InChI is InChI=1S/C20H23F2NOS/c1-2-3-4-5-6-7-14-13-18(24)23-10-11-25-20(23)19(14)15-8-9-16(21)17(22)12-15/h8-9,12-13H,2-7,10-11H2,1H3. The van der Waals surface area contributed by atoms with Gasteiger partial charge in [0, 0.05) is 23.9 Å². The minimum absolute atomic E-state index is 0.00916. The molecule has 0 radical (unpaired) electrons. The number of benzene rings is 1. The van der Waals surface area contributed by atoms with Crippen LogP contribution < -0.4 is 5.56 Å². The summed E-state index contributed by atoms with van der Waals surface area (Å²) in [6.07, 6.45) is 6.52. The Hall–Kier alpha value is -1.62. The largest absolute Gasteiger partial charge is 0.302 e. The van der Waals surface area contributed by atoms with Crippen LogP contribution in [0.1, 0.15) is 44.6 Å². The first-order chi connectivity index (χ1) is 12.1. The molecule has 0 bridgehead atoms. The van der Waals surface area contributed by atoms with Crippen molar-refractivity contribution < 1.29 is 8.78 Å². The van der Waals surface area contributed by atoms with Crippen LogP contribution in [0.15, 0.2) is 34.1 Å². The van der Waals surface area contributed by atoms with E-state index in [0.717, 1.165) is 47.2 Å². The van der Waals surface area contributed by atoms with E-state index in [0.29, 0.717) is 12.1 Å². The molecule has 0 amide bonds. The van der Waals surface area contributed by atoms with E-state index in [9.17, 15) is 13.6 Å². The van der Waals surface area contributed by atoms with Crippen molar-refractivity contribution in [1.29, 1.82) is 0 Å². The highest BCUT2D eigenvalue weighted by Gasteiger charge is 2.22. The Morgan fingerprint density at radius 1 is 1.08 bits per heavy atom. The molecular formula is C20H23F2NOS. The minimum Gasteiger partial charge on any atom is -0.302 e. The van der Waals surface area contributed by atoms with Gasteiger partial charge in [-0.05, 0) is 36.1 Å². The van der Waals surface area contributed by atoms with Gasteiger partial charge in [-0.25, -0.2) is 8.78 Å². The van der Waals surface area contributed by atoms with Crippen LogP contribution in [0.25, 0.3) is 11.1 Å². The van der Waals surface area contributed by atoms with Gasteiger partial charge in [0.1, 0.15) is 0 Å². The monoisotopic (exact) mass is 363 g/mol.